The summed E-state index contributed by atoms with van der Waals surface area (Å²) >= 11 is 0. The monoisotopic (exact) mass is 554 g/mol. The topological polar surface area (TPSA) is 127 Å². The molecule has 0 saturated heterocycles. The second-order valence-electron chi connectivity index (χ2n) is 10.5. The third-order valence-corrected chi connectivity index (χ3v) is 7.14. The first-order chi connectivity index (χ1) is 18.8. The van der Waals surface area contributed by atoms with Gasteiger partial charge in [-0.15, -0.1) is 0 Å². The highest BCUT2D eigenvalue weighted by molar-refractivity contribution is 5.81. The van der Waals surface area contributed by atoms with Gasteiger partial charge < -0.3 is 19.7 Å². The summed E-state index contributed by atoms with van der Waals surface area (Å²) in [6, 6.07) is 0. The standard InChI is InChI=1S/C23H42O4.C8H12O4/c1-3-5-6-7-8-9-10-11-12-13-14-15-16-17-18-19-23(25)27-21-20-26-22(24)4-2;9-7(10)5-3-1-2-4-6(5)8(11)12/h4H,2-3,5-21H2,1H3;5-6H,1-4H2,(H,9,10)(H,11,12). The van der Waals surface area contributed by atoms with Gasteiger partial charge in [-0.3, -0.25) is 14.4 Å². The minimum absolute atomic E-state index is 0.0927. The molecule has 1 fully saturated rings. The summed E-state index contributed by atoms with van der Waals surface area (Å²) in [5, 5.41) is 17.4. The molecule has 39 heavy (non-hydrogen) atoms. The molecule has 0 spiro atoms. The molecule has 8 nitrogen and oxygen atoms in total. The fraction of sp³-hybridized carbons (Fsp3) is 0.806. The van der Waals surface area contributed by atoms with Crippen molar-refractivity contribution in [3.8, 4) is 0 Å². The zero-order valence-electron chi connectivity index (χ0n) is 24.3. The number of esters is 2. The second kappa shape index (κ2) is 25.9. The number of hydrogen-bond acceptors (Lipinski definition) is 6. The van der Waals surface area contributed by atoms with Gasteiger partial charge in [-0.05, 0) is 19.3 Å². The highest BCUT2D eigenvalue weighted by Crippen LogP contribution is 2.30. The average molecular weight is 555 g/mol. The van der Waals surface area contributed by atoms with Crippen molar-refractivity contribution in [2.45, 2.75) is 135 Å². The van der Waals surface area contributed by atoms with Crippen molar-refractivity contribution in [1.82, 2.24) is 0 Å². The predicted octanol–water partition coefficient (Wildman–Crippen LogP) is 7.48. The Morgan fingerprint density at radius 1 is 0.667 bits per heavy atom. The van der Waals surface area contributed by atoms with Crippen molar-refractivity contribution in [1.29, 1.82) is 0 Å². The third kappa shape index (κ3) is 22.2. The van der Waals surface area contributed by atoms with Crippen LogP contribution in [0.15, 0.2) is 12.7 Å². The van der Waals surface area contributed by atoms with Crippen LogP contribution in [0.2, 0.25) is 0 Å². The first-order valence-electron chi connectivity index (χ1n) is 15.2. The number of rotatable bonds is 22. The Bertz CT molecular complexity index is 654. The molecule has 0 aromatic heterocycles. The number of unbranched alkanes of at least 4 members (excludes halogenated alkanes) is 14. The van der Waals surface area contributed by atoms with Crippen LogP contribution in [0.1, 0.15) is 135 Å². The maximum atomic E-state index is 11.5. The van der Waals surface area contributed by atoms with E-state index in [2.05, 4.69) is 13.5 Å². The van der Waals surface area contributed by atoms with Crippen LogP contribution in [0.5, 0.6) is 0 Å². The molecule has 226 valence electrons. The summed E-state index contributed by atoms with van der Waals surface area (Å²) in [5.41, 5.74) is 0. The van der Waals surface area contributed by atoms with Gasteiger partial charge in [0, 0.05) is 12.5 Å². The Balaban J connectivity index is 0.000000992. The molecule has 1 aliphatic rings. The Hall–Kier alpha value is -2.38. The van der Waals surface area contributed by atoms with Crippen LogP contribution in [0, 0.1) is 11.8 Å². The van der Waals surface area contributed by atoms with Crippen LogP contribution < -0.4 is 0 Å². The van der Waals surface area contributed by atoms with Crippen LogP contribution in [0.3, 0.4) is 0 Å². The van der Waals surface area contributed by atoms with Crippen molar-refractivity contribution in [2.75, 3.05) is 13.2 Å². The van der Waals surface area contributed by atoms with Crippen LogP contribution in [0.4, 0.5) is 0 Å². The maximum absolute atomic E-state index is 11.5. The Morgan fingerprint density at radius 3 is 1.44 bits per heavy atom. The minimum atomic E-state index is -0.970. The zero-order chi connectivity index (χ0) is 29.1. The lowest BCUT2D eigenvalue weighted by Crippen LogP contribution is -2.32. The van der Waals surface area contributed by atoms with Gasteiger partial charge in [-0.2, -0.15) is 0 Å². The molecule has 0 radical (unpaired) electrons. The van der Waals surface area contributed by atoms with Gasteiger partial charge in [0.2, 0.25) is 0 Å². The first-order valence-corrected chi connectivity index (χ1v) is 15.2. The quantitative estimate of drug-likeness (QED) is 0.0801. The molecule has 8 heteroatoms. The Morgan fingerprint density at radius 2 is 1.05 bits per heavy atom. The van der Waals surface area contributed by atoms with E-state index in [0.29, 0.717) is 19.3 Å². The van der Waals surface area contributed by atoms with E-state index < -0.39 is 29.7 Å². The Labute approximate surface area is 235 Å². The molecule has 1 saturated carbocycles. The fourth-order valence-corrected chi connectivity index (χ4v) is 4.79. The lowest BCUT2D eigenvalue weighted by atomic mass is 9.79. The normalized spacial score (nSPS) is 16.4. The number of aliphatic carboxylic acids is 2. The minimum Gasteiger partial charge on any atom is -0.481 e. The molecule has 2 unspecified atom stereocenters. The first kappa shape index (κ1) is 36.6. The number of carbonyl (C=O) groups excluding carboxylic acids is 2. The van der Waals surface area contributed by atoms with E-state index in [9.17, 15) is 19.2 Å². The van der Waals surface area contributed by atoms with Crippen LogP contribution in [-0.4, -0.2) is 47.3 Å². The second-order valence-corrected chi connectivity index (χ2v) is 10.5. The maximum Gasteiger partial charge on any atom is 0.330 e. The van der Waals surface area contributed by atoms with Crippen molar-refractivity contribution >= 4 is 23.9 Å². The van der Waals surface area contributed by atoms with E-state index in [-0.39, 0.29) is 19.2 Å². The third-order valence-electron chi connectivity index (χ3n) is 7.14. The number of ether oxygens (including phenoxy) is 2. The summed E-state index contributed by atoms with van der Waals surface area (Å²) in [6.07, 6.45) is 23.9. The molecule has 0 amide bonds. The predicted molar refractivity (Wildman–Crippen MR) is 152 cm³/mol. The molecule has 1 aliphatic carbocycles. The largest absolute Gasteiger partial charge is 0.481 e. The molecule has 0 aromatic rings. The van der Waals surface area contributed by atoms with Crippen LogP contribution >= 0.6 is 0 Å². The molecule has 2 atom stereocenters. The summed E-state index contributed by atoms with van der Waals surface area (Å²) < 4.78 is 9.74. The number of carbonyl (C=O) groups is 4. The Kier molecular flexibility index (Phi) is 24.3. The molecule has 0 aromatic carbocycles. The van der Waals surface area contributed by atoms with Gasteiger partial charge >= 0.3 is 23.9 Å². The lowest BCUT2D eigenvalue weighted by molar-refractivity contribution is -0.155. The zero-order valence-corrected chi connectivity index (χ0v) is 24.3. The molecular weight excluding hydrogens is 500 g/mol. The van der Waals surface area contributed by atoms with E-state index in [1.165, 1.54) is 83.5 Å². The molecule has 0 heterocycles. The van der Waals surface area contributed by atoms with E-state index >= 15 is 0 Å². The van der Waals surface area contributed by atoms with Gasteiger partial charge in [-0.25, -0.2) is 4.79 Å². The van der Waals surface area contributed by atoms with Crippen molar-refractivity contribution in [2.24, 2.45) is 11.8 Å². The highest BCUT2D eigenvalue weighted by atomic mass is 16.6. The number of hydrogen-bond donors (Lipinski definition) is 2. The van der Waals surface area contributed by atoms with E-state index in [1.54, 1.807) is 0 Å². The average Bonchev–Trinajstić information content (AvgIpc) is 2.93. The van der Waals surface area contributed by atoms with Crippen molar-refractivity contribution < 1.29 is 38.9 Å². The highest BCUT2D eigenvalue weighted by Gasteiger charge is 2.35. The van der Waals surface area contributed by atoms with Gasteiger partial charge in [0.15, 0.2) is 0 Å². The van der Waals surface area contributed by atoms with Crippen molar-refractivity contribution in [3.05, 3.63) is 12.7 Å². The van der Waals surface area contributed by atoms with Crippen molar-refractivity contribution in [3.63, 3.8) is 0 Å². The molecule has 2 N–H and O–H groups in total. The van der Waals surface area contributed by atoms with Gasteiger partial charge in [0.25, 0.3) is 0 Å². The molecule has 0 aliphatic heterocycles. The van der Waals surface area contributed by atoms with E-state index in [0.717, 1.165) is 31.8 Å². The van der Waals surface area contributed by atoms with E-state index in [1.807, 2.05) is 0 Å². The molecular formula is C31H54O8. The molecule has 0 bridgehead atoms. The van der Waals surface area contributed by atoms with Gasteiger partial charge in [-0.1, -0.05) is 116 Å². The molecule has 1 rings (SSSR count). The SMILES string of the molecule is C=CC(=O)OCCOC(=O)CCCCCCCCCCCCCCCCC.O=C(O)C1CCCCC1C(=O)O. The van der Waals surface area contributed by atoms with E-state index in [4.69, 9.17) is 19.7 Å². The number of carboxylic acids is 2. The summed E-state index contributed by atoms with van der Waals surface area (Å²) in [4.78, 5) is 43.5. The fourth-order valence-electron chi connectivity index (χ4n) is 4.79. The van der Waals surface area contributed by atoms with Crippen LogP contribution in [0.25, 0.3) is 0 Å². The van der Waals surface area contributed by atoms with Crippen LogP contribution in [-0.2, 0) is 28.7 Å². The smallest absolute Gasteiger partial charge is 0.330 e. The number of carboxylic acid groups (broad SMARTS) is 2. The lowest BCUT2D eigenvalue weighted by Gasteiger charge is -2.24. The summed E-state index contributed by atoms with van der Waals surface area (Å²) in [7, 11) is 0. The van der Waals surface area contributed by atoms with Gasteiger partial charge in [0.05, 0.1) is 11.8 Å². The summed E-state index contributed by atoms with van der Waals surface area (Å²) in [6.45, 7) is 5.78. The summed E-state index contributed by atoms with van der Waals surface area (Å²) in [5.74, 6) is -3.98. The van der Waals surface area contributed by atoms with Gasteiger partial charge in [0.1, 0.15) is 13.2 Å².